The molecule has 96 valence electrons. The lowest BCUT2D eigenvalue weighted by Crippen LogP contribution is -2.46. The van der Waals surface area contributed by atoms with Crippen LogP contribution in [0.2, 0.25) is 0 Å². The van der Waals surface area contributed by atoms with Crippen molar-refractivity contribution in [1.29, 1.82) is 0 Å². The smallest absolute Gasteiger partial charge is 0.315 e. The Morgan fingerprint density at radius 3 is 2.89 bits per heavy atom. The molecule has 1 atom stereocenters. The van der Waals surface area contributed by atoms with E-state index >= 15 is 0 Å². The first-order chi connectivity index (χ1) is 8.74. The van der Waals surface area contributed by atoms with Crippen LogP contribution in [0.15, 0.2) is 17.5 Å². The summed E-state index contributed by atoms with van der Waals surface area (Å²) in [6.45, 7) is 1.05. The number of amides is 3. The number of nitrogens with zero attached hydrogens (tertiary/aromatic N) is 1. The van der Waals surface area contributed by atoms with Crippen LogP contribution in [-0.4, -0.2) is 35.5 Å². The Hall–Kier alpha value is -1.56. The van der Waals surface area contributed by atoms with Gasteiger partial charge < -0.3 is 15.5 Å². The molecule has 0 unspecified atom stereocenters. The third-order valence-corrected chi connectivity index (χ3v) is 4.11. The number of rotatable bonds is 4. The summed E-state index contributed by atoms with van der Waals surface area (Å²) < 4.78 is 0. The molecule has 1 aromatic heterocycles. The minimum atomic E-state index is -0.405. The van der Waals surface area contributed by atoms with Crippen LogP contribution in [0, 0.1) is 0 Å². The Morgan fingerprint density at radius 2 is 2.33 bits per heavy atom. The van der Waals surface area contributed by atoms with E-state index in [4.69, 9.17) is 0 Å². The summed E-state index contributed by atoms with van der Waals surface area (Å²) in [5, 5.41) is 7.30. The second kappa shape index (κ2) is 4.61. The minimum absolute atomic E-state index is 0.0317. The van der Waals surface area contributed by atoms with Crippen molar-refractivity contribution in [3.8, 4) is 0 Å². The average Bonchev–Trinajstić information content (AvgIpc) is 2.88. The van der Waals surface area contributed by atoms with Gasteiger partial charge in [-0.05, 0) is 24.3 Å². The van der Waals surface area contributed by atoms with Gasteiger partial charge in [-0.25, -0.2) is 4.79 Å². The zero-order valence-corrected chi connectivity index (χ0v) is 10.7. The fraction of sp³-hybridized carbons (Fsp3) is 0.500. The van der Waals surface area contributed by atoms with Crippen LogP contribution < -0.4 is 10.6 Å². The molecule has 0 bridgehead atoms. The van der Waals surface area contributed by atoms with Gasteiger partial charge in [0, 0.05) is 17.5 Å². The maximum atomic E-state index is 12.4. The van der Waals surface area contributed by atoms with Crippen molar-refractivity contribution in [2.45, 2.75) is 31.5 Å². The second-order valence-corrected chi connectivity index (χ2v) is 5.72. The lowest BCUT2D eigenvalue weighted by atomic mass is 10.2. The number of urea groups is 1. The third-order valence-electron chi connectivity index (χ3n) is 3.25. The van der Waals surface area contributed by atoms with Gasteiger partial charge in [-0.15, -0.1) is 11.3 Å². The zero-order valence-electron chi connectivity index (χ0n) is 9.89. The Balaban J connectivity index is 1.69. The monoisotopic (exact) mass is 265 g/mol. The standard InChI is InChI=1S/C12H15N3O2S/c16-11(10-6-13-12(17)14-10)15(8-3-4-8)7-9-2-1-5-18-9/h1-2,5,8,10H,3-4,6-7H2,(H2,13,14,17)/t10-/m1/s1. The second-order valence-electron chi connectivity index (χ2n) is 4.68. The van der Waals surface area contributed by atoms with Crippen molar-refractivity contribution in [2.24, 2.45) is 0 Å². The van der Waals surface area contributed by atoms with E-state index in [1.165, 1.54) is 4.88 Å². The first-order valence-electron chi connectivity index (χ1n) is 6.11. The maximum absolute atomic E-state index is 12.4. The van der Waals surface area contributed by atoms with Crippen LogP contribution in [0.4, 0.5) is 4.79 Å². The van der Waals surface area contributed by atoms with E-state index in [-0.39, 0.29) is 11.9 Å². The normalized spacial score (nSPS) is 22.4. The number of hydrogen-bond donors (Lipinski definition) is 2. The van der Waals surface area contributed by atoms with E-state index in [9.17, 15) is 9.59 Å². The molecule has 1 saturated heterocycles. The van der Waals surface area contributed by atoms with Gasteiger partial charge in [-0.3, -0.25) is 4.79 Å². The van der Waals surface area contributed by atoms with Gasteiger partial charge in [0.25, 0.3) is 0 Å². The molecule has 6 heteroatoms. The molecule has 1 aliphatic carbocycles. The highest BCUT2D eigenvalue weighted by Crippen LogP contribution is 2.29. The van der Waals surface area contributed by atoms with Gasteiger partial charge >= 0.3 is 6.03 Å². The Labute approximate surface area is 109 Å². The van der Waals surface area contributed by atoms with Crippen LogP contribution >= 0.6 is 11.3 Å². The largest absolute Gasteiger partial charge is 0.336 e. The average molecular weight is 265 g/mol. The molecule has 3 amide bonds. The Kier molecular flexibility index (Phi) is 2.95. The van der Waals surface area contributed by atoms with Crippen LogP contribution in [0.5, 0.6) is 0 Å². The van der Waals surface area contributed by atoms with Gasteiger partial charge in [0.05, 0.1) is 6.54 Å². The molecule has 2 fully saturated rings. The van der Waals surface area contributed by atoms with Gasteiger partial charge in [0.1, 0.15) is 6.04 Å². The molecular weight excluding hydrogens is 250 g/mol. The van der Waals surface area contributed by atoms with Crippen LogP contribution in [0.25, 0.3) is 0 Å². The molecule has 2 aliphatic rings. The lowest BCUT2D eigenvalue weighted by molar-refractivity contribution is -0.133. The molecule has 0 radical (unpaired) electrons. The minimum Gasteiger partial charge on any atom is -0.336 e. The summed E-state index contributed by atoms with van der Waals surface area (Å²) in [7, 11) is 0. The SMILES string of the molecule is O=C1NC[C@H](C(=O)N(Cc2cccs2)C2CC2)N1. The summed E-state index contributed by atoms with van der Waals surface area (Å²) in [5.74, 6) is 0.0317. The Morgan fingerprint density at radius 1 is 1.50 bits per heavy atom. The van der Waals surface area contributed by atoms with Crippen molar-refractivity contribution in [1.82, 2.24) is 15.5 Å². The van der Waals surface area contributed by atoms with Crippen LogP contribution in [-0.2, 0) is 11.3 Å². The molecule has 2 N–H and O–H groups in total. The van der Waals surface area contributed by atoms with E-state index in [0.717, 1.165) is 12.8 Å². The summed E-state index contributed by atoms with van der Waals surface area (Å²) in [4.78, 5) is 26.6. The van der Waals surface area contributed by atoms with E-state index in [1.807, 2.05) is 22.4 Å². The van der Waals surface area contributed by atoms with E-state index in [0.29, 0.717) is 19.1 Å². The highest BCUT2D eigenvalue weighted by molar-refractivity contribution is 7.09. The van der Waals surface area contributed by atoms with E-state index < -0.39 is 6.04 Å². The highest BCUT2D eigenvalue weighted by Gasteiger charge is 2.38. The van der Waals surface area contributed by atoms with Gasteiger partial charge in [-0.1, -0.05) is 6.07 Å². The van der Waals surface area contributed by atoms with Crippen LogP contribution in [0.3, 0.4) is 0 Å². The number of carbonyl (C=O) groups is 2. The predicted molar refractivity (Wildman–Crippen MR) is 68.2 cm³/mol. The summed E-state index contributed by atoms with van der Waals surface area (Å²) >= 11 is 1.66. The van der Waals surface area contributed by atoms with Crippen LogP contribution in [0.1, 0.15) is 17.7 Å². The zero-order chi connectivity index (χ0) is 12.5. The van der Waals surface area contributed by atoms with Crippen molar-refractivity contribution in [3.63, 3.8) is 0 Å². The van der Waals surface area contributed by atoms with Crippen molar-refractivity contribution >= 4 is 23.3 Å². The quantitative estimate of drug-likeness (QED) is 0.850. The van der Waals surface area contributed by atoms with Gasteiger partial charge in [-0.2, -0.15) is 0 Å². The molecule has 1 saturated carbocycles. The third kappa shape index (κ3) is 2.33. The summed E-state index contributed by atoms with van der Waals surface area (Å²) in [6, 6.07) is 3.74. The molecule has 1 aromatic rings. The van der Waals surface area contributed by atoms with Crippen molar-refractivity contribution in [2.75, 3.05) is 6.54 Å². The van der Waals surface area contributed by atoms with E-state index in [2.05, 4.69) is 10.6 Å². The molecule has 1 aliphatic heterocycles. The van der Waals surface area contributed by atoms with Crippen molar-refractivity contribution in [3.05, 3.63) is 22.4 Å². The van der Waals surface area contributed by atoms with Gasteiger partial charge in [0.2, 0.25) is 5.91 Å². The van der Waals surface area contributed by atoms with E-state index in [1.54, 1.807) is 11.3 Å². The molecule has 18 heavy (non-hydrogen) atoms. The van der Waals surface area contributed by atoms with Crippen molar-refractivity contribution < 1.29 is 9.59 Å². The first kappa shape index (κ1) is 11.5. The number of thiophene rings is 1. The predicted octanol–water partition coefficient (Wildman–Crippen LogP) is 0.920. The first-order valence-corrected chi connectivity index (χ1v) is 6.99. The number of hydrogen-bond acceptors (Lipinski definition) is 3. The fourth-order valence-electron chi connectivity index (χ4n) is 2.15. The lowest BCUT2D eigenvalue weighted by Gasteiger charge is -2.24. The summed E-state index contributed by atoms with van der Waals surface area (Å²) in [6.07, 6.45) is 2.15. The molecule has 2 heterocycles. The molecule has 5 nitrogen and oxygen atoms in total. The molecule has 3 rings (SSSR count). The Bertz CT molecular complexity index is 456. The topological polar surface area (TPSA) is 61.4 Å². The molecule has 0 spiro atoms. The molecule has 0 aromatic carbocycles. The molecular formula is C12H15N3O2S. The highest BCUT2D eigenvalue weighted by atomic mass is 32.1. The summed E-state index contributed by atoms with van der Waals surface area (Å²) in [5.41, 5.74) is 0. The number of carbonyl (C=O) groups excluding carboxylic acids is 2. The maximum Gasteiger partial charge on any atom is 0.315 e. The number of nitrogens with one attached hydrogen (secondary N) is 2. The fourth-order valence-corrected chi connectivity index (χ4v) is 2.85. The van der Waals surface area contributed by atoms with Gasteiger partial charge in [0.15, 0.2) is 0 Å².